The number of halogens is 1. The van der Waals surface area contributed by atoms with E-state index in [1.807, 2.05) is 22.8 Å². The van der Waals surface area contributed by atoms with Gasteiger partial charge in [-0.1, -0.05) is 0 Å². The molecule has 0 radical (unpaired) electrons. The van der Waals surface area contributed by atoms with Gasteiger partial charge < -0.3 is 19.8 Å². The van der Waals surface area contributed by atoms with Gasteiger partial charge in [0.15, 0.2) is 5.78 Å². The van der Waals surface area contributed by atoms with Crippen LogP contribution in [0.4, 0.5) is 10.5 Å². The zero-order chi connectivity index (χ0) is 19.1. The fraction of sp³-hybridized carbons (Fsp3) is 0.421. The van der Waals surface area contributed by atoms with Crippen molar-refractivity contribution in [2.75, 3.05) is 24.6 Å². The molecule has 8 nitrogen and oxygen atoms in total. The second-order valence-electron chi connectivity index (χ2n) is 6.73. The molecule has 1 saturated heterocycles. The summed E-state index contributed by atoms with van der Waals surface area (Å²) in [6.45, 7) is 3.22. The summed E-state index contributed by atoms with van der Waals surface area (Å²) in [5.74, 6) is -1.44. The average molecular weight is 408 g/mol. The van der Waals surface area contributed by atoms with E-state index in [0.29, 0.717) is 30.9 Å². The summed E-state index contributed by atoms with van der Waals surface area (Å²) in [5, 5.41) is 0.837. The highest BCUT2D eigenvalue weighted by molar-refractivity contribution is 6.11. The molecule has 0 aliphatic carbocycles. The molecule has 1 fully saturated rings. The average Bonchev–Trinajstić information content (AvgIpc) is 3.22. The number of aromatic nitrogens is 1. The molecule has 2 aliphatic heterocycles. The zero-order valence-electron chi connectivity index (χ0n) is 15.4. The Morgan fingerprint density at radius 2 is 2.11 bits per heavy atom. The lowest BCUT2D eigenvalue weighted by atomic mass is 9.95. The van der Waals surface area contributed by atoms with E-state index in [-0.39, 0.29) is 37.4 Å². The van der Waals surface area contributed by atoms with E-state index in [2.05, 4.69) is 0 Å². The molecule has 0 bridgehead atoms. The van der Waals surface area contributed by atoms with Gasteiger partial charge in [-0.2, -0.15) is 0 Å². The number of benzene rings is 1. The fourth-order valence-electron chi connectivity index (χ4n) is 3.76. The Balaban J connectivity index is 0.00000225. The Morgan fingerprint density at radius 3 is 2.79 bits per heavy atom. The maximum Gasteiger partial charge on any atom is 0.414 e. The maximum absolute atomic E-state index is 12.8. The van der Waals surface area contributed by atoms with Crippen LogP contribution >= 0.6 is 12.4 Å². The molecule has 3 heterocycles. The van der Waals surface area contributed by atoms with Crippen molar-refractivity contribution in [2.45, 2.75) is 26.0 Å². The SMILES string of the molecule is CCOC(=O)C1CCn2c(cc3cc(N4C[C@H](CN)OC4=O)ccc32)C1=O.Cl. The van der Waals surface area contributed by atoms with E-state index in [1.54, 1.807) is 13.0 Å². The monoisotopic (exact) mass is 407 g/mol. The van der Waals surface area contributed by atoms with E-state index < -0.39 is 18.0 Å². The van der Waals surface area contributed by atoms with E-state index in [9.17, 15) is 14.4 Å². The number of hydrogen-bond acceptors (Lipinski definition) is 6. The summed E-state index contributed by atoms with van der Waals surface area (Å²) in [4.78, 5) is 38.4. The smallest absolute Gasteiger partial charge is 0.414 e. The number of ether oxygens (including phenoxy) is 2. The maximum atomic E-state index is 12.8. The minimum atomic E-state index is -0.750. The number of nitrogens with two attached hydrogens (primary N) is 1. The molecule has 0 spiro atoms. The molecular formula is C19H22ClN3O5. The standard InChI is InChI=1S/C19H21N3O5.ClH/c1-2-26-18(24)14-5-6-21-15-4-3-12(7-11(15)8-16(21)17(14)23)22-10-13(9-20)27-19(22)25;/h3-4,7-8,13-14H,2,5-6,9-10,20H2,1H3;1H/t13-,14?;/m0./s1. The molecule has 0 saturated carbocycles. The number of fused-ring (bicyclic) bond motifs is 3. The quantitative estimate of drug-likeness (QED) is 0.615. The van der Waals surface area contributed by atoms with Crippen molar-refractivity contribution in [3.05, 3.63) is 30.0 Å². The van der Waals surface area contributed by atoms with Crippen LogP contribution in [0.25, 0.3) is 10.9 Å². The molecule has 1 amide bonds. The first kappa shape index (κ1) is 20.2. The second kappa shape index (κ2) is 7.81. The number of hydrogen-bond donors (Lipinski definition) is 1. The highest BCUT2D eigenvalue weighted by Gasteiger charge is 2.36. The van der Waals surface area contributed by atoms with Crippen LogP contribution in [0.5, 0.6) is 0 Å². The predicted molar refractivity (Wildman–Crippen MR) is 105 cm³/mol. The van der Waals surface area contributed by atoms with Gasteiger partial charge in [0.1, 0.15) is 12.0 Å². The molecule has 1 aromatic heterocycles. The summed E-state index contributed by atoms with van der Waals surface area (Å²) >= 11 is 0. The van der Waals surface area contributed by atoms with Crippen molar-refractivity contribution in [2.24, 2.45) is 11.7 Å². The molecule has 2 N–H and O–H groups in total. The number of carbonyl (C=O) groups is 3. The topological polar surface area (TPSA) is 104 Å². The number of rotatable bonds is 4. The molecule has 4 rings (SSSR count). The molecule has 9 heteroatoms. The van der Waals surface area contributed by atoms with Gasteiger partial charge in [-0.15, -0.1) is 12.4 Å². The molecule has 2 aromatic rings. The van der Waals surface area contributed by atoms with E-state index >= 15 is 0 Å². The third-order valence-electron chi connectivity index (χ3n) is 5.12. The van der Waals surface area contributed by atoms with Crippen LogP contribution in [0, 0.1) is 5.92 Å². The Hall–Kier alpha value is -2.58. The third-order valence-corrected chi connectivity index (χ3v) is 5.12. The van der Waals surface area contributed by atoms with Crippen molar-refractivity contribution in [1.29, 1.82) is 0 Å². The van der Waals surface area contributed by atoms with Crippen LogP contribution < -0.4 is 10.6 Å². The van der Waals surface area contributed by atoms with Crippen molar-refractivity contribution < 1.29 is 23.9 Å². The highest BCUT2D eigenvalue weighted by atomic mass is 35.5. The van der Waals surface area contributed by atoms with Gasteiger partial charge in [-0.05, 0) is 37.6 Å². The normalized spacial score (nSPS) is 21.3. The number of amides is 1. The van der Waals surface area contributed by atoms with E-state index in [0.717, 1.165) is 10.9 Å². The first-order valence-electron chi connectivity index (χ1n) is 9.05. The summed E-state index contributed by atoms with van der Waals surface area (Å²) in [7, 11) is 0. The lowest BCUT2D eigenvalue weighted by molar-refractivity contribution is -0.146. The van der Waals surface area contributed by atoms with Gasteiger partial charge >= 0.3 is 12.1 Å². The first-order chi connectivity index (χ1) is 13.0. The molecule has 2 aliphatic rings. The number of aryl methyl sites for hydroxylation is 1. The van der Waals surface area contributed by atoms with Crippen LogP contribution in [-0.4, -0.2) is 48.2 Å². The number of esters is 1. The summed E-state index contributed by atoms with van der Waals surface area (Å²) < 4.78 is 12.1. The molecule has 1 unspecified atom stereocenters. The minimum Gasteiger partial charge on any atom is -0.465 e. The van der Waals surface area contributed by atoms with Gasteiger partial charge in [0.05, 0.1) is 18.8 Å². The van der Waals surface area contributed by atoms with Crippen molar-refractivity contribution in [3.8, 4) is 0 Å². The molecule has 1 aromatic carbocycles. The van der Waals surface area contributed by atoms with E-state index in [1.165, 1.54) is 4.90 Å². The summed E-state index contributed by atoms with van der Waals surface area (Å²) in [6, 6.07) is 7.34. The van der Waals surface area contributed by atoms with Crippen molar-refractivity contribution in [1.82, 2.24) is 4.57 Å². The minimum absolute atomic E-state index is 0. The molecule has 150 valence electrons. The number of cyclic esters (lactones) is 1. The summed E-state index contributed by atoms with van der Waals surface area (Å²) in [5.41, 5.74) is 7.67. The molecule has 28 heavy (non-hydrogen) atoms. The van der Waals surface area contributed by atoms with Crippen molar-refractivity contribution in [3.63, 3.8) is 0 Å². The van der Waals surface area contributed by atoms with Gasteiger partial charge in [-0.3, -0.25) is 14.5 Å². The Labute approximate surface area is 167 Å². The lowest BCUT2D eigenvalue weighted by Crippen LogP contribution is -2.33. The number of Topliss-reactive ketones (excluding diaryl/α,β-unsaturated/α-hetero) is 1. The Kier molecular flexibility index (Phi) is 5.62. The van der Waals surface area contributed by atoms with E-state index in [4.69, 9.17) is 15.2 Å². The fourth-order valence-corrected chi connectivity index (χ4v) is 3.76. The number of carbonyl (C=O) groups excluding carboxylic acids is 3. The van der Waals surface area contributed by atoms with Crippen LogP contribution in [-0.2, 0) is 20.8 Å². The van der Waals surface area contributed by atoms with Crippen LogP contribution in [0.15, 0.2) is 24.3 Å². The Morgan fingerprint density at radius 1 is 1.32 bits per heavy atom. The highest BCUT2D eigenvalue weighted by Crippen LogP contribution is 2.32. The van der Waals surface area contributed by atoms with Crippen LogP contribution in [0.3, 0.4) is 0 Å². The zero-order valence-corrected chi connectivity index (χ0v) is 16.2. The second-order valence-corrected chi connectivity index (χ2v) is 6.73. The number of nitrogens with zero attached hydrogens (tertiary/aromatic N) is 2. The molecule has 2 atom stereocenters. The van der Waals surface area contributed by atoms with Gasteiger partial charge in [-0.25, -0.2) is 4.79 Å². The molecular weight excluding hydrogens is 386 g/mol. The first-order valence-corrected chi connectivity index (χ1v) is 9.05. The predicted octanol–water partition coefficient (Wildman–Crippen LogP) is 2.11. The van der Waals surface area contributed by atoms with Gasteiger partial charge in [0.25, 0.3) is 0 Å². The summed E-state index contributed by atoms with van der Waals surface area (Å²) in [6.07, 6.45) is -0.318. The van der Waals surface area contributed by atoms with Crippen LogP contribution in [0.2, 0.25) is 0 Å². The van der Waals surface area contributed by atoms with Gasteiger partial charge in [0, 0.05) is 29.7 Å². The van der Waals surface area contributed by atoms with Gasteiger partial charge in [0.2, 0.25) is 0 Å². The largest absolute Gasteiger partial charge is 0.465 e. The van der Waals surface area contributed by atoms with Crippen molar-refractivity contribution >= 4 is 46.8 Å². The van der Waals surface area contributed by atoms with Crippen LogP contribution in [0.1, 0.15) is 23.8 Å². The third kappa shape index (κ3) is 3.22. The lowest BCUT2D eigenvalue weighted by Gasteiger charge is -2.22. The Bertz CT molecular complexity index is 941. The number of anilines is 1. The number of ketones is 1.